The predicted octanol–water partition coefficient (Wildman–Crippen LogP) is 2.70. The lowest BCUT2D eigenvalue weighted by atomic mass is 10.1. The monoisotopic (exact) mass is 399 g/mol. The van der Waals surface area contributed by atoms with Crippen molar-refractivity contribution in [2.24, 2.45) is 4.99 Å². The van der Waals surface area contributed by atoms with E-state index in [-0.39, 0.29) is 6.04 Å². The summed E-state index contributed by atoms with van der Waals surface area (Å²) in [6, 6.07) is 10.7. The number of halogens is 3. The second-order valence-corrected chi connectivity index (χ2v) is 7.52. The predicted molar refractivity (Wildman–Crippen MR) is 107 cm³/mol. The van der Waals surface area contributed by atoms with Crippen molar-refractivity contribution in [1.29, 1.82) is 0 Å². The van der Waals surface area contributed by atoms with Gasteiger partial charge in [-0.3, -0.25) is 14.8 Å². The van der Waals surface area contributed by atoms with Gasteiger partial charge in [-0.05, 0) is 32.4 Å². The number of hydrogen-bond acceptors (Lipinski definition) is 3. The number of alkyl halides is 3. The van der Waals surface area contributed by atoms with Gasteiger partial charge in [0.1, 0.15) is 0 Å². The molecule has 2 unspecified atom stereocenters. The molecule has 1 fully saturated rings. The number of rotatable bonds is 8. The van der Waals surface area contributed by atoms with Crippen LogP contribution in [0.4, 0.5) is 13.2 Å². The summed E-state index contributed by atoms with van der Waals surface area (Å²) in [5, 5.41) is 6.52. The van der Waals surface area contributed by atoms with Crippen molar-refractivity contribution in [1.82, 2.24) is 20.4 Å². The maximum atomic E-state index is 12.5. The summed E-state index contributed by atoms with van der Waals surface area (Å²) in [7, 11) is 3.79. The first kappa shape index (κ1) is 22.5. The Morgan fingerprint density at radius 3 is 2.68 bits per heavy atom. The summed E-state index contributed by atoms with van der Waals surface area (Å²) in [4.78, 5) is 7.94. The first-order chi connectivity index (χ1) is 13.3. The van der Waals surface area contributed by atoms with Gasteiger partial charge in [0.2, 0.25) is 0 Å². The fourth-order valence-corrected chi connectivity index (χ4v) is 3.38. The molecule has 1 heterocycles. The number of likely N-dealkylation sites (tertiary alicyclic amines) is 1. The Kier molecular flexibility index (Phi) is 8.57. The number of nitrogens with zero attached hydrogens (tertiary/aromatic N) is 3. The summed E-state index contributed by atoms with van der Waals surface area (Å²) in [6.45, 7) is 3.83. The fourth-order valence-electron chi connectivity index (χ4n) is 3.38. The zero-order valence-corrected chi connectivity index (χ0v) is 17.0. The minimum Gasteiger partial charge on any atom is -0.356 e. The number of benzene rings is 1. The second-order valence-electron chi connectivity index (χ2n) is 7.52. The van der Waals surface area contributed by atoms with E-state index in [1.165, 1.54) is 10.5 Å². The van der Waals surface area contributed by atoms with Gasteiger partial charge in [-0.2, -0.15) is 13.2 Å². The molecule has 2 N–H and O–H groups in total. The highest BCUT2D eigenvalue weighted by Crippen LogP contribution is 2.19. The average molecular weight is 400 g/mol. The van der Waals surface area contributed by atoms with Gasteiger partial charge in [-0.15, -0.1) is 0 Å². The Morgan fingerprint density at radius 1 is 1.32 bits per heavy atom. The summed E-state index contributed by atoms with van der Waals surface area (Å²) in [5.41, 5.74) is 1.28. The lowest BCUT2D eigenvalue weighted by Gasteiger charge is -2.25. The molecule has 1 saturated heterocycles. The van der Waals surface area contributed by atoms with Crippen molar-refractivity contribution in [3.05, 3.63) is 35.9 Å². The van der Waals surface area contributed by atoms with Gasteiger partial charge in [-0.1, -0.05) is 30.3 Å². The zero-order valence-electron chi connectivity index (χ0n) is 17.0. The van der Waals surface area contributed by atoms with Crippen molar-refractivity contribution < 1.29 is 13.2 Å². The Morgan fingerprint density at radius 2 is 2.04 bits per heavy atom. The largest absolute Gasteiger partial charge is 0.401 e. The van der Waals surface area contributed by atoms with Crippen molar-refractivity contribution in [2.75, 3.05) is 40.3 Å². The van der Waals surface area contributed by atoms with E-state index in [0.717, 1.165) is 19.5 Å². The molecule has 28 heavy (non-hydrogen) atoms. The Bertz CT molecular complexity index is 606. The van der Waals surface area contributed by atoms with Gasteiger partial charge in [0.05, 0.1) is 6.54 Å². The Labute approximate surface area is 166 Å². The third-order valence-corrected chi connectivity index (χ3v) is 5.12. The van der Waals surface area contributed by atoms with Gasteiger partial charge >= 0.3 is 6.18 Å². The molecule has 0 amide bonds. The van der Waals surface area contributed by atoms with Gasteiger partial charge in [0.25, 0.3) is 0 Å². The van der Waals surface area contributed by atoms with Gasteiger partial charge in [0, 0.05) is 45.3 Å². The smallest absolute Gasteiger partial charge is 0.356 e. The second kappa shape index (κ2) is 10.7. The Balaban J connectivity index is 1.68. The first-order valence-electron chi connectivity index (χ1n) is 9.77. The normalized spacial score (nSPS) is 19.8. The van der Waals surface area contributed by atoms with Crippen LogP contribution in [-0.4, -0.2) is 74.3 Å². The van der Waals surface area contributed by atoms with E-state index in [2.05, 4.69) is 46.6 Å². The van der Waals surface area contributed by atoms with Crippen LogP contribution in [0.3, 0.4) is 0 Å². The SMILES string of the molecule is CN=C(NCCC(C)N(C)Cc1ccccc1)NC1CCN(CC(F)(F)F)C1. The standard InChI is InChI=1S/C20H32F3N5/c1-16(27(3)13-17-7-5-4-6-8-17)9-11-25-19(24-2)26-18-10-12-28(14-18)15-20(21,22)23/h4-8,16,18H,9-15H2,1-3H3,(H2,24,25,26). The van der Waals surface area contributed by atoms with Crippen molar-refractivity contribution in [2.45, 2.75) is 44.6 Å². The molecule has 0 bridgehead atoms. The van der Waals surface area contributed by atoms with Crippen LogP contribution < -0.4 is 10.6 Å². The van der Waals surface area contributed by atoms with Crippen LogP contribution in [0.1, 0.15) is 25.3 Å². The lowest BCUT2D eigenvalue weighted by molar-refractivity contribution is -0.143. The molecule has 1 aromatic carbocycles. The molecule has 158 valence electrons. The molecule has 8 heteroatoms. The summed E-state index contributed by atoms with van der Waals surface area (Å²) < 4.78 is 37.5. The third-order valence-electron chi connectivity index (χ3n) is 5.12. The molecule has 2 rings (SSSR count). The Hall–Kier alpha value is -1.80. The summed E-state index contributed by atoms with van der Waals surface area (Å²) >= 11 is 0. The molecule has 1 aliphatic heterocycles. The zero-order chi connectivity index (χ0) is 20.6. The lowest BCUT2D eigenvalue weighted by Crippen LogP contribution is -2.46. The highest BCUT2D eigenvalue weighted by Gasteiger charge is 2.34. The highest BCUT2D eigenvalue weighted by atomic mass is 19.4. The minimum atomic E-state index is -4.14. The molecule has 5 nitrogen and oxygen atoms in total. The maximum Gasteiger partial charge on any atom is 0.401 e. The van der Waals surface area contributed by atoms with Crippen LogP contribution in [0, 0.1) is 0 Å². The van der Waals surface area contributed by atoms with Crippen molar-refractivity contribution >= 4 is 5.96 Å². The van der Waals surface area contributed by atoms with E-state index >= 15 is 0 Å². The van der Waals surface area contributed by atoms with E-state index < -0.39 is 12.7 Å². The van der Waals surface area contributed by atoms with Crippen LogP contribution in [0.25, 0.3) is 0 Å². The van der Waals surface area contributed by atoms with Crippen LogP contribution in [0.2, 0.25) is 0 Å². The molecule has 0 spiro atoms. The molecule has 0 saturated carbocycles. The molecule has 1 aliphatic rings. The van der Waals surface area contributed by atoms with Gasteiger partial charge in [-0.25, -0.2) is 0 Å². The first-order valence-corrected chi connectivity index (χ1v) is 9.77. The molecule has 0 radical (unpaired) electrons. The number of hydrogen-bond donors (Lipinski definition) is 2. The molecule has 0 aromatic heterocycles. The van der Waals surface area contributed by atoms with E-state index in [1.54, 1.807) is 7.05 Å². The van der Waals surface area contributed by atoms with Crippen molar-refractivity contribution in [3.63, 3.8) is 0 Å². The molecule has 2 atom stereocenters. The molecular formula is C20H32F3N5. The van der Waals surface area contributed by atoms with E-state index in [0.29, 0.717) is 31.5 Å². The minimum absolute atomic E-state index is 0.00766. The number of guanidine groups is 1. The van der Waals surface area contributed by atoms with Gasteiger partial charge < -0.3 is 10.6 Å². The van der Waals surface area contributed by atoms with Crippen LogP contribution in [0.5, 0.6) is 0 Å². The average Bonchev–Trinajstić information content (AvgIpc) is 3.06. The highest BCUT2D eigenvalue weighted by molar-refractivity contribution is 5.80. The molecular weight excluding hydrogens is 367 g/mol. The van der Waals surface area contributed by atoms with Crippen LogP contribution in [-0.2, 0) is 6.54 Å². The summed E-state index contributed by atoms with van der Waals surface area (Å²) in [5.74, 6) is 0.650. The van der Waals surface area contributed by atoms with E-state index in [9.17, 15) is 13.2 Å². The van der Waals surface area contributed by atoms with Gasteiger partial charge in [0.15, 0.2) is 5.96 Å². The maximum absolute atomic E-state index is 12.5. The topological polar surface area (TPSA) is 42.9 Å². The molecule has 0 aliphatic carbocycles. The van der Waals surface area contributed by atoms with Crippen molar-refractivity contribution in [3.8, 4) is 0 Å². The third kappa shape index (κ3) is 8.06. The number of aliphatic imine (C=N–C) groups is 1. The quantitative estimate of drug-likeness (QED) is 0.521. The van der Waals surface area contributed by atoms with Crippen LogP contribution in [0.15, 0.2) is 35.3 Å². The fraction of sp³-hybridized carbons (Fsp3) is 0.650. The van der Waals surface area contributed by atoms with Crippen LogP contribution >= 0.6 is 0 Å². The number of nitrogens with one attached hydrogen (secondary N) is 2. The van der Waals surface area contributed by atoms with E-state index in [1.807, 2.05) is 18.2 Å². The summed E-state index contributed by atoms with van der Waals surface area (Å²) in [6.07, 6.45) is -2.52. The molecule has 1 aromatic rings. The van der Waals surface area contributed by atoms with E-state index in [4.69, 9.17) is 0 Å².